The Hall–Kier alpha value is -2.42. The molecular formula is C17H22N4O4S. The normalized spacial score (nSPS) is 17.0. The van der Waals surface area contributed by atoms with Crippen molar-refractivity contribution in [2.45, 2.75) is 49.0 Å². The molecule has 2 aromatic rings. The lowest BCUT2D eigenvalue weighted by Crippen LogP contribution is -2.45. The highest BCUT2D eigenvalue weighted by Crippen LogP contribution is 2.40. The first kappa shape index (κ1) is 18.4. The molecule has 0 saturated heterocycles. The minimum Gasteiger partial charge on any atom is -0.348 e. The third kappa shape index (κ3) is 3.72. The van der Waals surface area contributed by atoms with E-state index in [2.05, 4.69) is 20.5 Å². The number of nitrogens with one attached hydrogen (secondary N) is 3. The monoisotopic (exact) mass is 378 g/mol. The molecule has 0 bridgehead atoms. The van der Waals surface area contributed by atoms with Crippen molar-refractivity contribution in [2.24, 2.45) is 0 Å². The average molecular weight is 378 g/mol. The molecule has 1 fully saturated rings. The standard InChI is InChI=1S/C17H22N4O4S/c1-26(24,25)13-7-5-12(6-8-13)17(9-3-2-4-10-17)15(22)18-11-14-19-16(23)21-20-14/h5-8H,2-4,9-11H2,1H3,(H,18,22)(H2,19,20,21,23). The molecule has 8 nitrogen and oxygen atoms in total. The van der Waals surface area contributed by atoms with Crippen molar-refractivity contribution < 1.29 is 13.2 Å². The summed E-state index contributed by atoms with van der Waals surface area (Å²) in [5, 5.41) is 8.91. The van der Waals surface area contributed by atoms with Gasteiger partial charge in [0.25, 0.3) is 0 Å². The molecule has 1 aliphatic carbocycles. The molecule has 0 radical (unpaired) electrons. The number of hydrogen-bond acceptors (Lipinski definition) is 5. The number of benzene rings is 1. The predicted molar refractivity (Wildman–Crippen MR) is 95.4 cm³/mol. The number of rotatable bonds is 5. The molecule has 3 N–H and O–H groups in total. The largest absolute Gasteiger partial charge is 0.348 e. The molecule has 0 aliphatic heterocycles. The zero-order valence-corrected chi connectivity index (χ0v) is 15.4. The number of nitrogens with zero attached hydrogens (tertiary/aromatic N) is 1. The first-order chi connectivity index (χ1) is 12.3. The Morgan fingerprint density at radius 2 is 1.85 bits per heavy atom. The Labute approximate surface area is 151 Å². The summed E-state index contributed by atoms with van der Waals surface area (Å²) < 4.78 is 23.4. The topological polar surface area (TPSA) is 125 Å². The molecule has 1 aromatic heterocycles. The van der Waals surface area contributed by atoms with Crippen LogP contribution in [0.1, 0.15) is 43.5 Å². The third-order valence-electron chi connectivity index (χ3n) is 4.94. The van der Waals surface area contributed by atoms with Crippen molar-refractivity contribution in [3.8, 4) is 0 Å². The minimum absolute atomic E-state index is 0.126. The maximum atomic E-state index is 13.0. The van der Waals surface area contributed by atoms with Crippen LogP contribution in [0.5, 0.6) is 0 Å². The SMILES string of the molecule is CS(=O)(=O)c1ccc(C2(C(=O)NCc3n[nH]c(=O)[nH]3)CCCCC2)cc1. The van der Waals surface area contributed by atoms with Crippen LogP contribution in [0.2, 0.25) is 0 Å². The van der Waals surface area contributed by atoms with Crippen molar-refractivity contribution in [2.75, 3.05) is 6.26 Å². The van der Waals surface area contributed by atoms with Gasteiger partial charge in [-0.1, -0.05) is 31.4 Å². The fraction of sp³-hybridized carbons (Fsp3) is 0.471. The van der Waals surface area contributed by atoms with Gasteiger partial charge >= 0.3 is 5.69 Å². The number of aromatic amines is 2. The molecule has 0 atom stereocenters. The number of aromatic nitrogens is 3. The van der Waals surface area contributed by atoms with Crippen molar-refractivity contribution >= 4 is 15.7 Å². The fourth-order valence-corrected chi connectivity index (χ4v) is 4.18. The van der Waals surface area contributed by atoms with E-state index in [1.54, 1.807) is 24.3 Å². The molecule has 3 rings (SSSR count). The summed E-state index contributed by atoms with van der Waals surface area (Å²) in [6.07, 6.45) is 5.50. The summed E-state index contributed by atoms with van der Waals surface area (Å²) in [5.74, 6) is 0.231. The Balaban J connectivity index is 1.85. The highest BCUT2D eigenvalue weighted by molar-refractivity contribution is 7.90. The van der Waals surface area contributed by atoms with Crippen LogP contribution in [0, 0.1) is 0 Å². The second kappa shape index (κ2) is 7.06. The van der Waals surface area contributed by atoms with Crippen molar-refractivity contribution in [3.05, 3.63) is 46.1 Å². The summed E-state index contributed by atoms with van der Waals surface area (Å²) in [5.41, 5.74) is -0.291. The molecule has 9 heteroatoms. The predicted octanol–water partition coefficient (Wildman–Crippen LogP) is 1.02. The van der Waals surface area contributed by atoms with Gasteiger partial charge in [-0.15, -0.1) is 0 Å². The van der Waals surface area contributed by atoms with Crippen LogP contribution in [0.25, 0.3) is 0 Å². The Morgan fingerprint density at radius 3 is 2.38 bits per heavy atom. The van der Waals surface area contributed by atoms with Gasteiger partial charge in [0, 0.05) is 6.26 Å². The van der Waals surface area contributed by atoms with Crippen LogP contribution in [0.15, 0.2) is 34.0 Å². The number of carbonyl (C=O) groups is 1. The smallest absolute Gasteiger partial charge is 0.340 e. The number of hydrogen-bond donors (Lipinski definition) is 3. The van der Waals surface area contributed by atoms with Gasteiger partial charge in [-0.05, 0) is 30.5 Å². The number of H-pyrrole nitrogens is 2. The van der Waals surface area contributed by atoms with E-state index in [0.717, 1.165) is 31.1 Å². The Bertz CT molecular complexity index is 938. The second-order valence-electron chi connectivity index (χ2n) is 6.75. The van der Waals surface area contributed by atoms with E-state index in [9.17, 15) is 18.0 Å². The average Bonchev–Trinajstić information content (AvgIpc) is 3.05. The van der Waals surface area contributed by atoms with E-state index in [1.165, 1.54) is 0 Å². The summed E-state index contributed by atoms with van der Waals surface area (Å²) in [7, 11) is -3.28. The zero-order valence-electron chi connectivity index (χ0n) is 14.5. The van der Waals surface area contributed by atoms with Gasteiger partial charge < -0.3 is 5.32 Å². The van der Waals surface area contributed by atoms with Gasteiger partial charge in [-0.25, -0.2) is 18.3 Å². The molecule has 26 heavy (non-hydrogen) atoms. The molecule has 0 spiro atoms. The third-order valence-corrected chi connectivity index (χ3v) is 6.07. The summed E-state index contributed by atoms with van der Waals surface area (Å²) in [6.45, 7) is 0.126. The Morgan fingerprint density at radius 1 is 1.19 bits per heavy atom. The summed E-state index contributed by atoms with van der Waals surface area (Å²) in [4.78, 5) is 26.9. The lowest BCUT2D eigenvalue weighted by Gasteiger charge is -2.36. The lowest BCUT2D eigenvalue weighted by atomic mass is 9.68. The first-order valence-electron chi connectivity index (χ1n) is 8.54. The maximum Gasteiger partial charge on any atom is 0.340 e. The van der Waals surface area contributed by atoms with E-state index in [-0.39, 0.29) is 17.3 Å². The number of carbonyl (C=O) groups excluding carboxylic acids is 1. The molecule has 0 unspecified atom stereocenters. The van der Waals surface area contributed by atoms with Crippen LogP contribution in [-0.2, 0) is 26.6 Å². The van der Waals surface area contributed by atoms with Crippen molar-refractivity contribution in [3.63, 3.8) is 0 Å². The molecule has 1 aliphatic rings. The lowest BCUT2D eigenvalue weighted by molar-refractivity contribution is -0.128. The molecule has 1 amide bonds. The number of sulfone groups is 1. The van der Waals surface area contributed by atoms with Gasteiger partial charge in [0.2, 0.25) is 5.91 Å². The molecule has 1 aromatic carbocycles. The van der Waals surface area contributed by atoms with Gasteiger partial charge in [-0.2, -0.15) is 5.10 Å². The van der Waals surface area contributed by atoms with Gasteiger partial charge in [0.05, 0.1) is 16.9 Å². The summed E-state index contributed by atoms with van der Waals surface area (Å²) >= 11 is 0. The molecule has 1 saturated carbocycles. The molecular weight excluding hydrogens is 356 g/mol. The highest BCUT2D eigenvalue weighted by atomic mass is 32.2. The molecule has 140 valence electrons. The fourth-order valence-electron chi connectivity index (χ4n) is 3.55. The molecule has 1 heterocycles. The summed E-state index contributed by atoms with van der Waals surface area (Å²) in [6, 6.07) is 6.58. The van der Waals surface area contributed by atoms with Gasteiger partial charge in [0.15, 0.2) is 9.84 Å². The van der Waals surface area contributed by atoms with Crippen molar-refractivity contribution in [1.82, 2.24) is 20.5 Å². The highest BCUT2D eigenvalue weighted by Gasteiger charge is 2.41. The Kier molecular flexibility index (Phi) is 4.99. The first-order valence-corrected chi connectivity index (χ1v) is 10.4. The quantitative estimate of drug-likeness (QED) is 0.716. The van der Waals surface area contributed by atoms with Gasteiger partial charge in [-0.3, -0.25) is 9.78 Å². The second-order valence-corrected chi connectivity index (χ2v) is 8.76. The van der Waals surface area contributed by atoms with Crippen LogP contribution >= 0.6 is 0 Å². The zero-order chi connectivity index (χ0) is 18.8. The van der Waals surface area contributed by atoms with Gasteiger partial charge in [0.1, 0.15) is 5.82 Å². The van der Waals surface area contributed by atoms with Crippen LogP contribution in [0.3, 0.4) is 0 Å². The van der Waals surface area contributed by atoms with E-state index in [4.69, 9.17) is 0 Å². The van der Waals surface area contributed by atoms with E-state index in [1.807, 2.05) is 0 Å². The van der Waals surface area contributed by atoms with Crippen LogP contribution < -0.4 is 11.0 Å². The van der Waals surface area contributed by atoms with E-state index < -0.39 is 20.9 Å². The van der Waals surface area contributed by atoms with Crippen LogP contribution in [0.4, 0.5) is 0 Å². The number of amides is 1. The maximum absolute atomic E-state index is 13.0. The minimum atomic E-state index is -3.28. The van der Waals surface area contributed by atoms with Crippen LogP contribution in [-0.4, -0.2) is 35.8 Å². The van der Waals surface area contributed by atoms with E-state index >= 15 is 0 Å². The van der Waals surface area contributed by atoms with Crippen molar-refractivity contribution in [1.29, 1.82) is 0 Å². The van der Waals surface area contributed by atoms with E-state index in [0.29, 0.717) is 18.7 Å².